The van der Waals surface area contributed by atoms with Crippen LogP contribution in [-0.4, -0.2) is 23.6 Å². The van der Waals surface area contributed by atoms with E-state index in [4.69, 9.17) is 14.5 Å². The van der Waals surface area contributed by atoms with E-state index in [1.807, 2.05) is 56.3 Å². The van der Waals surface area contributed by atoms with Gasteiger partial charge in [-0.3, -0.25) is 9.78 Å². The van der Waals surface area contributed by atoms with E-state index in [1.165, 1.54) is 0 Å². The Balaban J connectivity index is 1.74. The fraction of sp³-hybridized carbons (Fsp3) is 0.333. The minimum atomic E-state index is -0.183. The molecule has 0 bridgehead atoms. The van der Waals surface area contributed by atoms with Gasteiger partial charge in [0.25, 0.3) is 5.91 Å². The lowest BCUT2D eigenvalue weighted by Crippen LogP contribution is -2.15. The summed E-state index contributed by atoms with van der Waals surface area (Å²) < 4.78 is 11.7. The second-order valence-corrected chi connectivity index (χ2v) is 7.74. The van der Waals surface area contributed by atoms with Crippen LogP contribution in [0.15, 0.2) is 42.5 Å². The Bertz CT molecular complexity index is 1080. The zero-order valence-corrected chi connectivity index (χ0v) is 17.3. The van der Waals surface area contributed by atoms with E-state index in [2.05, 4.69) is 19.2 Å². The fourth-order valence-corrected chi connectivity index (χ4v) is 3.68. The molecule has 1 aromatic heterocycles. The van der Waals surface area contributed by atoms with Crippen molar-refractivity contribution in [2.75, 3.05) is 11.9 Å². The summed E-state index contributed by atoms with van der Waals surface area (Å²) in [6.07, 6.45) is 0.972. The first-order valence-corrected chi connectivity index (χ1v) is 10.1. The van der Waals surface area contributed by atoms with Crippen molar-refractivity contribution in [2.24, 2.45) is 0 Å². The average molecular weight is 390 g/mol. The normalized spacial score (nSPS) is 15.3. The molecule has 3 aromatic rings. The summed E-state index contributed by atoms with van der Waals surface area (Å²) >= 11 is 0. The first kappa shape index (κ1) is 19.2. The minimum absolute atomic E-state index is 0.128. The van der Waals surface area contributed by atoms with Gasteiger partial charge in [0.2, 0.25) is 0 Å². The summed E-state index contributed by atoms with van der Waals surface area (Å²) in [6.45, 7) is 8.64. The molecule has 150 valence electrons. The molecule has 1 atom stereocenters. The number of rotatable bonds is 5. The van der Waals surface area contributed by atoms with E-state index in [1.54, 1.807) is 0 Å². The van der Waals surface area contributed by atoms with Crippen LogP contribution in [0.4, 0.5) is 5.69 Å². The largest absolute Gasteiger partial charge is 0.492 e. The predicted molar refractivity (Wildman–Crippen MR) is 115 cm³/mol. The van der Waals surface area contributed by atoms with E-state index >= 15 is 0 Å². The summed E-state index contributed by atoms with van der Waals surface area (Å²) in [5.41, 5.74) is 4.05. The van der Waals surface area contributed by atoms with Crippen LogP contribution >= 0.6 is 0 Å². The molecule has 4 rings (SSSR count). The second-order valence-electron chi connectivity index (χ2n) is 7.74. The van der Waals surface area contributed by atoms with Crippen molar-refractivity contribution in [1.29, 1.82) is 0 Å². The second kappa shape index (κ2) is 7.74. The molecule has 2 heterocycles. The molecule has 0 spiro atoms. The number of nitrogens with one attached hydrogen (secondary N) is 1. The van der Waals surface area contributed by atoms with Crippen LogP contribution in [0, 0.1) is 0 Å². The van der Waals surface area contributed by atoms with Crippen molar-refractivity contribution >= 4 is 22.5 Å². The number of aromatic nitrogens is 1. The molecule has 0 fully saturated rings. The summed E-state index contributed by atoms with van der Waals surface area (Å²) in [7, 11) is 0. The number of para-hydroxylation sites is 1. The molecule has 5 heteroatoms. The van der Waals surface area contributed by atoms with Crippen molar-refractivity contribution in [3.63, 3.8) is 0 Å². The topological polar surface area (TPSA) is 60.5 Å². The van der Waals surface area contributed by atoms with Gasteiger partial charge >= 0.3 is 0 Å². The van der Waals surface area contributed by atoms with Crippen LogP contribution in [0.25, 0.3) is 10.9 Å². The van der Waals surface area contributed by atoms with Gasteiger partial charge in [-0.15, -0.1) is 0 Å². The van der Waals surface area contributed by atoms with E-state index in [-0.39, 0.29) is 17.9 Å². The van der Waals surface area contributed by atoms with Crippen molar-refractivity contribution in [1.82, 2.24) is 4.98 Å². The molecule has 1 N–H and O–H groups in total. The molecule has 1 aliphatic heterocycles. The predicted octanol–water partition coefficient (Wildman–Crippen LogP) is 5.33. The standard InChI is InChI=1S/C24H26N2O3/c1-5-28-23-11-16-10-15(4)29-22(16)13-21(23)26-24(27)18-12-20(14(2)3)25-19-9-7-6-8-17(18)19/h6-9,11-15H,5,10H2,1-4H3,(H,26,27). The lowest BCUT2D eigenvalue weighted by Gasteiger charge is -2.15. The highest BCUT2D eigenvalue weighted by molar-refractivity contribution is 6.13. The third-order valence-corrected chi connectivity index (χ3v) is 5.12. The summed E-state index contributed by atoms with van der Waals surface area (Å²) in [4.78, 5) is 18.0. The number of pyridine rings is 1. The van der Waals surface area contributed by atoms with Crippen LogP contribution in [-0.2, 0) is 6.42 Å². The Kier molecular flexibility index (Phi) is 5.14. The van der Waals surface area contributed by atoms with Crippen LogP contribution in [0.5, 0.6) is 11.5 Å². The van der Waals surface area contributed by atoms with Crippen LogP contribution < -0.4 is 14.8 Å². The van der Waals surface area contributed by atoms with Crippen LogP contribution in [0.3, 0.4) is 0 Å². The van der Waals surface area contributed by atoms with Gasteiger partial charge in [0.15, 0.2) is 0 Å². The maximum absolute atomic E-state index is 13.3. The quantitative estimate of drug-likeness (QED) is 0.639. The summed E-state index contributed by atoms with van der Waals surface area (Å²) in [5.74, 6) is 1.51. The number of hydrogen-bond acceptors (Lipinski definition) is 4. The molecule has 0 saturated carbocycles. The van der Waals surface area contributed by atoms with Gasteiger partial charge in [-0.05, 0) is 38.0 Å². The van der Waals surface area contributed by atoms with E-state index in [9.17, 15) is 4.79 Å². The Labute approximate surface area is 171 Å². The van der Waals surface area contributed by atoms with Crippen molar-refractivity contribution < 1.29 is 14.3 Å². The van der Waals surface area contributed by atoms with Gasteiger partial charge in [-0.2, -0.15) is 0 Å². The molecular weight excluding hydrogens is 364 g/mol. The van der Waals surface area contributed by atoms with Crippen molar-refractivity contribution in [2.45, 2.75) is 46.1 Å². The van der Waals surface area contributed by atoms with Crippen LogP contribution in [0.2, 0.25) is 0 Å². The lowest BCUT2D eigenvalue weighted by molar-refractivity contribution is 0.102. The maximum Gasteiger partial charge on any atom is 0.256 e. The van der Waals surface area contributed by atoms with E-state index < -0.39 is 0 Å². The number of amides is 1. The molecule has 5 nitrogen and oxygen atoms in total. The van der Waals surface area contributed by atoms with Gasteiger partial charge in [-0.25, -0.2) is 0 Å². The highest BCUT2D eigenvalue weighted by Gasteiger charge is 2.23. The van der Waals surface area contributed by atoms with E-state index in [0.29, 0.717) is 23.6 Å². The van der Waals surface area contributed by atoms with Gasteiger partial charge in [0.05, 0.1) is 23.4 Å². The maximum atomic E-state index is 13.3. The SMILES string of the molecule is CCOc1cc2c(cc1NC(=O)c1cc(C(C)C)nc3ccccc13)OC(C)C2. The smallest absolute Gasteiger partial charge is 0.256 e. The molecule has 2 aromatic carbocycles. The molecule has 1 amide bonds. The van der Waals surface area contributed by atoms with E-state index in [0.717, 1.165) is 34.3 Å². The fourth-order valence-electron chi connectivity index (χ4n) is 3.68. The molecule has 0 radical (unpaired) electrons. The molecule has 1 aliphatic rings. The van der Waals surface area contributed by atoms with Gasteiger partial charge < -0.3 is 14.8 Å². The first-order valence-electron chi connectivity index (χ1n) is 10.1. The molecule has 0 saturated heterocycles. The number of ether oxygens (including phenoxy) is 2. The number of carbonyl (C=O) groups excluding carboxylic acids is 1. The average Bonchev–Trinajstić information content (AvgIpc) is 3.06. The number of nitrogens with zero attached hydrogens (tertiary/aromatic N) is 1. The Hall–Kier alpha value is -3.08. The van der Waals surface area contributed by atoms with Crippen molar-refractivity contribution in [3.05, 3.63) is 59.3 Å². The first-order chi connectivity index (χ1) is 14.0. The zero-order chi connectivity index (χ0) is 20.5. The number of benzene rings is 2. The number of hydrogen-bond donors (Lipinski definition) is 1. The molecule has 1 unspecified atom stereocenters. The van der Waals surface area contributed by atoms with Crippen LogP contribution in [0.1, 0.15) is 55.2 Å². The Morgan fingerprint density at radius 2 is 2.07 bits per heavy atom. The van der Waals surface area contributed by atoms with Gasteiger partial charge in [-0.1, -0.05) is 32.0 Å². The highest BCUT2D eigenvalue weighted by atomic mass is 16.5. The number of fused-ring (bicyclic) bond motifs is 2. The van der Waals surface area contributed by atoms with Crippen molar-refractivity contribution in [3.8, 4) is 11.5 Å². The summed E-state index contributed by atoms with van der Waals surface area (Å²) in [5, 5.41) is 3.87. The number of anilines is 1. The van der Waals surface area contributed by atoms with Gasteiger partial charge in [0.1, 0.15) is 17.6 Å². The highest BCUT2D eigenvalue weighted by Crippen LogP contribution is 2.38. The monoisotopic (exact) mass is 390 g/mol. The lowest BCUT2D eigenvalue weighted by atomic mass is 10.0. The summed E-state index contributed by atoms with van der Waals surface area (Å²) in [6, 6.07) is 13.5. The zero-order valence-electron chi connectivity index (χ0n) is 17.3. The molecule has 0 aliphatic carbocycles. The third kappa shape index (κ3) is 3.77. The molecular formula is C24H26N2O3. The minimum Gasteiger partial charge on any atom is -0.492 e. The van der Waals surface area contributed by atoms with Gasteiger partial charge in [0, 0.05) is 29.1 Å². The Morgan fingerprint density at radius 3 is 2.83 bits per heavy atom. The molecule has 29 heavy (non-hydrogen) atoms. The number of carbonyl (C=O) groups is 1. The Morgan fingerprint density at radius 1 is 1.28 bits per heavy atom. The third-order valence-electron chi connectivity index (χ3n) is 5.12.